The highest BCUT2D eigenvalue weighted by atomic mass is 32.2. The molecular formula is C15H24O4S. The van der Waals surface area contributed by atoms with Crippen LogP contribution in [0.15, 0.2) is 30.3 Å². The van der Waals surface area contributed by atoms with E-state index in [4.69, 9.17) is 9.29 Å². The average molecular weight is 300 g/mol. The molecule has 0 heterocycles. The zero-order valence-corrected chi connectivity index (χ0v) is 13.2. The fourth-order valence-corrected chi connectivity index (χ4v) is 3.10. The Morgan fingerprint density at radius 1 is 1.20 bits per heavy atom. The molecule has 0 saturated heterocycles. The van der Waals surface area contributed by atoms with Gasteiger partial charge in [-0.3, -0.25) is 4.55 Å². The SMILES string of the molecule is COC(c1ccccc1)C(C)(C)CCCCS(=O)(=O)O. The monoisotopic (exact) mass is 300 g/mol. The molecule has 0 saturated carbocycles. The molecule has 0 aromatic heterocycles. The van der Waals surface area contributed by atoms with E-state index in [0.717, 1.165) is 18.4 Å². The molecule has 5 heteroatoms. The standard InChI is InChI=1S/C15H24O4S/c1-15(2,11-7-8-12-20(16,17)18)14(19-3)13-9-5-4-6-10-13/h4-6,9-10,14H,7-8,11-12H2,1-3H3,(H,16,17,18). The first-order valence-corrected chi connectivity index (χ1v) is 8.40. The van der Waals surface area contributed by atoms with Gasteiger partial charge in [0.25, 0.3) is 10.1 Å². The molecule has 0 aliphatic rings. The van der Waals surface area contributed by atoms with Crippen LogP contribution in [-0.2, 0) is 14.9 Å². The minimum absolute atomic E-state index is 0.0329. The first kappa shape index (κ1) is 17.1. The third-order valence-corrected chi connectivity index (χ3v) is 4.33. The van der Waals surface area contributed by atoms with E-state index in [1.807, 2.05) is 30.3 Å². The Bertz CT molecular complexity index is 494. The minimum Gasteiger partial charge on any atom is -0.376 e. The van der Waals surface area contributed by atoms with Gasteiger partial charge in [0, 0.05) is 7.11 Å². The zero-order chi connectivity index (χ0) is 15.2. The molecule has 0 fully saturated rings. The van der Waals surface area contributed by atoms with E-state index in [2.05, 4.69) is 13.8 Å². The van der Waals surface area contributed by atoms with E-state index >= 15 is 0 Å². The predicted molar refractivity (Wildman–Crippen MR) is 80.2 cm³/mol. The molecule has 0 spiro atoms. The van der Waals surface area contributed by atoms with Crippen LogP contribution in [0.25, 0.3) is 0 Å². The van der Waals surface area contributed by atoms with Crippen LogP contribution in [0.4, 0.5) is 0 Å². The summed E-state index contributed by atoms with van der Waals surface area (Å²) in [5, 5.41) is 0. The molecule has 1 rings (SSSR count). The van der Waals surface area contributed by atoms with Gasteiger partial charge in [-0.05, 0) is 23.8 Å². The first-order valence-electron chi connectivity index (χ1n) is 6.79. The molecule has 0 amide bonds. The molecule has 1 aromatic carbocycles. The molecule has 1 aromatic rings. The lowest BCUT2D eigenvalue weighted by molar-refractivity contribution is -0.000763. The normalized spacial score (nSPS) is 14.2. The highest BCUT2D eigenvalue weighted by Crippen LogP contribution is 2.40. The quantitative estimate of drug-likeness (QED) is 0.590. The van der Waals surface area contributed by atoms with Gasteiger partial charge < -0.3 is 4.74 Å². The zero-order valence-electron chi connectivity index (χ0n) is 12.4. The summed E-state index contributed by atoms with van der Waals surface area (Å²) in [5.41, 5.74) is 1.02. The van der Waals surface area contributed by atoms with Crippen molar-refractivity contribution in [1.29, 1.82) is 0 Å². The summed E-state index contributed by atoms with van der Waals surface area (Å²) in [7, 11) is -2.16. The smallest absolute Gasteiger partial charge is 0.264 e. The van der Waals surface area contributed by atoms with E-state index in [1.165, 1.54) is 0 Å². The van der Waals surface area contributed by atoms with E-state index in [0.29, 0.717) is 6.42 Å². The Kier molecular flexibility index (Phi) is 6.17. The summed E-state index contributed by atoms with van der Waals surface area (Å²) in [5.74, 6) is -0.175. The van der Waals surface area contributed by atoms with Gasteiger partial charge in [-0.15, -0.1) is 0 Å². The molecule has 0 radical (unpaired) electrons. The Hall–Kier alpha value is -0.910. The third kappa shape index (κ3) is 5.61. The number of rotatable bonds is 8. The van der Waals surface area contributed by atoms with Gasteiger partial charge in [-0.25, -0.2) is 0 Å². The lowest BCUT2D eigenvalue weighted by atomic mass is 9.78. The van der Waals surface area contributed by atoms with Crippen molar-refractivity contribution in [1.82, 2.24) is 0 Å². The van der Waals surface area contributed by atoms with Crippen molar-refractivity contribution in [2.75, 3.05) is 12.9 Å². The number of hydrogen-bond donors (Lipinski definition) is 1. The number of methoxy groups -OCH3 is 1. The largest absolute Gasteiger partial charge is 0.376 e. The van der Waals surface area contributed by atoms with Gasteiger partial charge in [0.1, 0.15) is 0 Å². The lowest BCUT2D eigenvalue weighted by Gasteiger charge is -2.33. The minimum atomic E-state index is -3.85. The maximum atomic E-state index is 10.7. The van der Waals surface area contributed by atoms with Crippen LogP contribution < -0.4 is 0 Å². The Balaban J connectivity index is 2.61. The van der Waals surface area contributed by atoms with E-state index in [9.17, 15) is 8.42 Å². The molecule has 20 heavy (non-hydrogen) atoms. The van der Waals surface area contributed by atoms with Crippen LogP contribution in [0.1, 0.15) is 44.8 Å². The van der Waals surface area contributed by atoms with Crippen molar-refractivity contribution in [3.8, 4) is 0 Å². The molecule has 0 aliphatic carbocycles. The second-order valence-corrected chi connectivity index (χ2v) is 7.33. The molecular weight excluding hydrogens is 276 g/mol. The Morgan fingerprint density at radius 2 is 1.80 bits per heavy atom. The number of benzene rings is 1. The van der Waals surface area contributed by atoms with Gasteiger partial charge in [-0.1, -0.05) is 50.6 Å². The molecule has 114 valence electrons. The first-order chi connectivity index (χ1) is 9.26. The van der Waals surface area contributed by atoms with Gasteiger partial charge in [0.05, 0.1) is 11.9 Å². The summed E-state index contributed by atoms with van der Waals surface area (Å²) in [4.78, 5) is 0. The Labute approximate surface area is 121 Å². The van der Waals surface area contributed by atoms with Crippen molar-refractivity contribution in [3.63, 3.8) is 0 Å². The second kappa shape index (κ2) is 7.20. The van der Waals surface area contributed by atoms with E-state index in [1.54, 1.807) is 7.11 Å². The fourth-order valence-electron chi connectivity index (χ4n) is 2.53. The van der Waals surface area contributed by atoms with Gasteiger partial charge >= 0.3 is 0 Å². The topological polar surface area (TPSA) is 63.6 Å². The van der Waals surface area contributed by atoms with E-state index in [-0.39, 0.29) is 17.3 Å². The van der Waals surface area contributed by atoms with Gasteiger partial charge in [-0.2, -0.15) is 8.42 Å². The number of unbranched alkanes of at least 4 members (excludes halogenated alkanes) is 1. The average Bonchev–Trinajstić information content (AvgIpc) is 2.35. The highest BCUT2D eigenvalue weighted by molar-refractivity contribution is 7.85. The van der Waals surface area contributed by atoms with Crippen LogP contribution in [0.3, 0.4) is 0 Å². The highest BCUT2D eigenvalue weighted by Gasteiger charge is 2.30. The van der Waals surface area contributed by atoms with Crippen LogP contribution in [0.5, 0.6) is 0 Å². The molecule has 0 aliphatic heterocycles. The summed E-state index contributed by atoms with van der Waals surface area (Å²) in [6, 6.07) is 10.0. The number of hydrogen-bond acceptors (Lipinski definition) is 3. The van der Waals surface area contributed by atoms with Crippen molar-refractivity contribution >= 4 is 10.1 Å². The molecule has 1 unspecified atom stereocenters. The third-order valence-electron chi connectivity index (χ3n) is 3.52. The predicted octanol–water partition coefficient (Wildman–Crippen LogP) is 3.46. The maximum Gasteiger partial charge on any atom is 0.264 e. The Morgan fingerprint density at radius 3 is 2.30 bits per heavy atom. The van der Waals surface area contributed by atoms with Crippen LogP contribution >= 0.6 is 0 Å². The summed E-state index contributed by atoms with van der Waals surface area (Å²) in [6.45, 7) is 4.23. The molecule has 1 N–H and O–H groups in total. The van der Waals surface area contributed by atoms with Crippen LogP contribution in [0.2, 0.25) is 0 Å². The molecule has 0 bridgehead atoms. The van der Waals surface area contributed by atoms with Crippen molar-refractivity contribution < 1.29 is 17.7 Å². The number of ether oxygens (including phenoxy) is 1. The van der Waals surface area contributed by atoms with E-state index < -0.39 is 10.1 Å². The second-order valence-electron chi connectivity index (χ2n) is 5.76. The summed E-state index contributed by atoms with van der Waals surface area (Å²) < 4.78 is 35.8. The summed E-state index contributed by atoms with van der Waals surface area (Å²) in [6.07, 6.45) is 2.00. The van der Waals surface area contributed by atoms with Crippen molar-refractivity contribution in [2.45, 2.75) is 39.2 Å². The fraction of sp³-hybridized carbons (Fsp3) is 0.600. The van der Waals surface area contributed by atoms with Crippen LogP contribution in [0, 0.1) is 5.41 Å². The van der Waals surface area contributed by atoms with Gasteiger partial charge in [0.15, 0.2) is 0 Å². The van der Waals surface area contributed by atoms with Crippen molar-refractivity contribution in [2.24, 2.45) is 5.41 Å². The van der Waals surface area contributed by atoms with Crippen LogP contribution in [-0.4, -0.2) is 25.8 Å². The van der Waals surface area contributed by atoms with Gasteiger partial charge in [0.2, 0.25) is 0 Å². The molecule has 4 nitrogen and oxygen atoms in total. The lowest BCUT2D eigenvalue weighted by Crippen LogP contribution is -2.24. The maximum absolute atomic E-state index is 10.7. The summed E-state index contributed by atoms with van der Waals surface area (Å²) >= 11 is 0. The molecule has 1 atom stereocenters. The van der Waals surface area contributed by atoms with Crippen molar-refractivity contribution in [3.05, 3.63) is 35.9 Å².